The van der Waals surface area contributed by atoms with Gasteiger partial charge >= 0.3 is 0 Å². The highest BCUT2D eigenvalue weighted by Gasteiger charge is 2.24. The van der Waals surface area contributed by atoms with Crippen LogP contribution >= 0.6 is 0 Å². The van der Waals surface area contributed by atoms with Gasteiger partial charge in [-0.1, -0.05) is 24.3 Å². The van der Waals surface area contributed by atoms with Crippen molar-refractivity contribution < 1.29 is 8.78 Å². The molecule has 0 saturated carbocycles. The van der Waals surface area contributed by atoms with Crippen molar-refractivity contribution in [3.05, 3.63) is 65.0 Å². The van der Waals surface area contributed by atoms with Crippen molar-refractivity contribution >= 4 is 11.0 Å². The molecule has 1 unspecified atom stereocenters. The third kappa shape index (κ3) is 2.02. The van der Waals surface area contributed by atoms with E-state index in [9.17, 15) is 8.78 Å². The molecule has 1 atom stereocenters. The molecule has 3 aromatic rings. The van der Waals surface area contributed by atoms with Crippen molar-refractivity contribution in [3.8, 4) is 0 Å². The number of hydrogen-bond acceptors (Lipinski definition) is 1. The Labute approximate surface area is 120 Å². The predicted molar refractivity (Wildman–Crippen MR) is 77.2 cm³/mol. The molecular weight excluding hydrogens is 270 g/mol. The number of nitrogens with one attached hydrogen (secondary N) is 1. The van der Waals surface area contributed by atoms with Gasteiger partial charge in [0.15, 0.2) is 5.82 Å². The molecule has 0 radical (unpaired) electrons. The quantitative estimate of drug-likeness (QED) is 0.708. The summed E-state index contributed by atoms with van der Waals surface area (Å²) in [4.78, 5) is 7.48. The zero-order chi connectivity index (χ0) is 14.4. The summed E-state index contributed by atoms with van der Waals surface area (Å²) < 4.78 is 27.1. The number of halogens is 2. The predicted octanol–water partition coefficient (Wildman–Crippen LogP) is 4.31. The largest absolute Gasteiger partial charge is 0.341 e. The third-order valence-electron chi connectivity index (χ3n) is 4.22. The number of rotatable bonds is 1. The number of benzene rings is 2. The molecule has 0 fully saturated rings. The smallest absolute Gasteiger partial charge is 0.153 e. The molecule has 2 aromatic carbocycles. The normalized spacial score (nSPS) is 17.9. The zero-order valence-corrected chi connectivity index (χ0v) is 11.4. The highest BCUT2D eigenvalue weighted by atomic mass is 19.1. The van der Waals surface area contributed by atoms with Crippen molar-refractivity contribution in [2.24, 2.45) is 0 Å². The number of aromatic nitrogens is 2. The fourth-order valence-corrected chi connectivity index (χ4v) is 3.26. The zero-order valence-electron chi connectivity index (χ0n) is 11.4. The Balaban J connectivity index is 1.86. The Morgan fingerprint density at radius 2 is 2.00 bits per heavy atom. The average Bonchev–Trinajstić information content (AvgIpc) is 2.90. The minimum Gasteiger partial charge on any atom is -0.341 e. The van der Waals surface area contributed by atoms with Crippen molar-refractivity contribution in [2.45, 2.75) is 25.2 Å². The Hall–Kier alpha value is -2.23. The Morgan fingerprint density at radius 1 is 1.14 bits per heavy atom. The molecule has 0 saturated heterocycles. The SMILES string of the molecule is Fc1cc(F)c2nc(C3CCCc4ccccc43)[nH]c2c1. The Morgan fingerprint density at radius 3 is 2.90 bits per heavy atom. The van der Waals surface area contributed by atoms with Gasteiger partial charge in [-0.3, -0.25) is 0 Å². The van der Waals surface area contributed by atoms with E-state index in [0.717, 1.165) is 31.2 Å². The van der Waals surface area contributed by atoms with Crippen LogP contribution in [-0.2, 0) is 6.42 Å². The molecule has 0 amide bonds. The molecule has 1 aliphatic carbocycles. The van der Waals surface area contributed by atoms with Crippen LogP contribution in [-0.4, -0.2) is 9.97 Å². The first-order valence-electron chi connectivity index (χ1n) is 7.15. The number of aryl methyl sites for hydroxylation is 1. The van der Waals surface area contributed by atoms with Crippen LogP contribution < -0.4 is 0 Å². The number of fused-ring (bicyclic) bond motifs is 2. The van der Waals surface area contributed by atoms with Crippen LogP contribution in [0.3, 0.4) is 0 Å². The maximum atomic E-state index is 13.8. The summed E-state index contributed by atoms with van der Waals surface area (Å²) in [5, 5.41) is 0. The van der Waals surface area contributed by atoms with E-state index in [4.69, 9.17) is 0 Å². The molecule has 0 bridgehead atoms. The number of aromatic amines is 1. The minimum atomic E-state index is -0.614. The van der Waals surface area contributed by atoms with E-state index in [1.807, 2.05) is 12.1 Å². The fraction of sp³-hybridized carbons (Fsp3) is 0.235. The van der Waals surface area contributed by atoms with Gasteiger partial charge in [0, 0.05) is 12.0 Å². The van der Waals surface area contributed by atoms with Crippen LogP contribution in [0.4, 0.5) is 8.78 Å². The molecule has 0 spiro atoms. The first-order chi connectivity index (χ1) is 10.2. The van der Waals surface area contributed by atoms with E-state index < -0.39 is 11.6 Å². The van der Waals surface area contributed by atoms with Gasteiger partial charge in [0.05, 0.1) is 5.52 Å². The molecule has 1 aromatic heterocycles. The van der Waals surface area contributed by atoms with E-state index >= 15 is 0 Å². The second-order valence-corrected chi connectivity index (χ2v) is 5.55. The number of nitrogens with zero attached hydrogens (tertiary/aromatic N) is 1. The Bertz CT molecular complexity index is 823. The van der Waals surface area contributed by atoms with Gasteiger partial charge < -0.3 is 4.98 Å². The average molecular weight is 284 g/mol. The third-order valence-corrected chi connectivity index (χ3v) is 4.22. The van der Waals surface area contributed by atoms with Crippen molar-refractivity contribution in [1.82, 2.24) is 9.97 Å². The van der Waals surface area contributed by atoms with Crippen molar-refractivity contribution in [2.75, 3.05) is 0 Å². The number of imidazole rings is 1. The summed E-state index contributed by atoms with van der Waals surface area (Å²) in [6.07, 6.45) is 3.12. The molecule has 106 valence electrons. The molecule has 4 heteroatoms. The van der Waals surface area contributed by atoms with Gasteiger partial charge in [-0.05, 0) is 36.5 Å². The lowest BCUT2D eigenvalue weighted by Crippen LogP contribution is -2.12. The van der Waals surface area contributed by atoms with Crippen molar-refractivity contribution in [1.29, 1.82) is 0 Å². The summed E-state index contributed by atoms with van der Waals surface area (Å²) in [7, 11) is 0. The van der Waals surface area contributed by atoms with E-state index in [0.29, 0.717) is 5.52 Å². The summed E-state index contributed by atoms with van der Waals surface area (Å²) in [5.41, 5.74) is 3.20. The maximum Gasteiger partial charge on any atom is 0.153 e. The first kappa shape index (κ1) is 12.5. The van der Waals surface area contributed by atoms with Crippen LogP contribution in [0, 0.1) is 11.6 Å². The van der Waals surface area contributed by atoms with Gasteiger partial charge in [0.2, 0.25) is 0 Å². The Kier molecular flexibility index (Phi) is 2.77. The van der Waals surface area contributed by atoms with Crippen LogP contribution in [0.15, 0.2) is 36.4 Å². The highest BCUT2D eigenvalue weighted by Crippen LogP contribution is 2.36. The lowest BCUT2D eigenvalue weighted by Gasteiger charge is -2.23. The molecule has 21 heavy (non-hydrogen) atoms. The molecule has 0 aliphatic heterocycles. The van der Waals surface area contributed by atoms with Gasteiger partial charge in [-0.2, -0.15) is 0 Å². The second-order valence-electron chi connectivity index (χ2n) is 5.55. The molecular formula is C17H14F2N2. The second kappa shape index (κ2) is 4.65. The molecule has 1 N–H and O–H groups in total. The maximum absolute atomic E-state index is 13.8. The van der Waals surface area contributed by atoms with Gasteiger partial charge in [0.1, 0.15) is 17.2 Å². The lowest BCUT2D eigenvalue weighted by molar-refractivity contribution is 0.588. The summed E-state index contributed by atoms with van der Waals surface area (Å²) in [6.45, 7) is 0. The lowest BCUT2D eigenvalue weighted by atomic mass is 9.82. The monoisotopic (exact) mass is 284 g/mol. The van der Waals surface area contributed by atoms with Gasteiger partial charge in [0.25, 0.3) is 0 Å². The minimum absolute atomic E-state index is 0.129. The fourth-order valence-electron chi connectivity index (χ4n) is 3.26. The van der Waals surface area contributed by atoms with Crippen LogP contribution in [0.25, 0.3) is 11.0 Å². The van der Waals surface area contributed by atoms with Gasteiger partial charge in [-0.15, -0.1) is 0 Å². The summed E-state index contributed by atoms with van der Waals surface area (Å²) in [5.74, 6) is -0.345. The van der Waals surface area contributed by atoms with Gasteiger partial charge in [-0.25, -0.2) is 13.8 Å². The molecule has 1 heterocycles. The topological polar surface area (TPSA) is 28.7 Å². The highest BCUT2D eigenvalue weighted by molar-refractivity contribution is 5.76. The summed E-state index contributed by atoms with van der Waals surface area (Å²) >= 11 is 0. The number of hydrogen-bond donors (Lipinski definition) is 1. The molecule has 4 rings (SSSR count). The summed E-state index contributed by atoms with van der Waals surface area (Å²) in [6, 6.07) is 10.5. The molecule has 2 nitrogen and oxygen atoms in total. The van der Waals surface area contributed by atoms with E-state index in [2.05, 4.69) is 22.1 Å². The van der Waals surface area contributed by atoms with E-state index in [-0.39, 0.29) is 11.4 Å². The van der Waals surface area contributed by atoms with Crippen LogP contribution in [0.1, 0.15) is 35.7 Å². The molecule has 1 aliphatic rings. The first-order valence-corrected chi connectivity index (χ1v) is 7.15. The standard InChI is InChI=1S/C17H14F2N2/c18-11-8-14(19)16-15(9-11)20-17(21-16)13-7-3-5-10-4-1-2-6-12(10)13/h1-2,4,6,8-9,13H,3,5,7H2,(H,20,21). The van der Waals surface area contributed by atoms with E-state index in [1.54, 1.807) is 0 Å². The number of H-pyrrole nitrogens is 1. The van der Waals surface area contributed by atoms with Crippen LogP contribution in [0.2, 0.25) is 0 Å². The van der Waals surface area contributed by atoms with Crippen LogP contribution in [0.5, 0.6) is 0 Å². The van der Waals surface area contributed by atoms with Crippen molar-refractivity contribution in [3.63, 3.8) is 0 Å². The van der Waals surface area contributed by atoms with E-state index in [1.165, 1.54) is 17.2 Å².